The number of anilines is 1. The van der Waals surface area contributed by atoms with Gasteiger partial charge in [-0.05, 0) is 87.1 Å². The van der Waals surface area contributed by atoms with Gasteiger partial charge in [0, 0.05) is 12.2 Å². The highest BCUT2D eigenvalue weighted by atomic mass is 14.9. The van der Waals surface area contributed by atoms with Gasteiger partial charge in [-0.25, -0.2) is 0 Å². The summed E-state index contributed by atoms with van der Waals surface area (Å²) in [6, 6.07) is 15.8. The average molecular weight is 348 g/mol. The molecule has 3 rings (SSSR count). The van der Waals surface area contributed by atoms with Gasteiger partial charge in [0.2, 0.25) is 0 Å². The van der Waals surface area contributed by atoms with Gasteiger partial charge in [0.15, 0.2) is 0 Å². The first-order chi connectivity index (χ1) is 12.6. The number of benzene rings is 2. The monoisotopic (exact) mass is 347 g/mol. The Kier molecular flexibility index (Phi) is 6.55. The molecule has 0 saturated heterocycles. The molecule has 0 amide bonds. The van der Waals surface area contributed by atoms with Gasteiger partial charge in [-0.3, -0.25) is 0 Å². The summed E-state index contributed by atoms with van der Waals surface area (Å²) in [7, 11) is 0. The van der Waals surface area contributed by atoms with Crippen molar-refractivity contribution in [3.63, 3.8) is 0 Å². The van der Waals surface area contributed by atoms with Crippen LogP contribution in [0.5, 0.6) is 0 Å². The van der Waals surface area contributed by atoms with Gasteiger partial charge >= 0.3 is 0 Å². The SMILES string of the molecule is CCc1cc(NCCC2=CCC(Cc3ccc(C)cc3)CC2)ccc1C. The molecule has 1 nitrogen and oxygen atoms in total. The third kappa shape index (κ3) is 5.24. The highest BCUT2D eigenvalue weighted by Gasteiger charge is 2.14. The molecular weight excluding hydrogens is 314 g/mol. The molecule has 2 aromatic carbocycles. The number of allylic oxidation sites excluding steroid dienone is 1. The molecule has 0 fully saturated rings. The third-order valence-electron chi connectivity index (χ3n) is 5.76. The Morgan fingerprint density at radius 2 is 1.85 bits per heavy atom. The van der Waals surface area contributed by atoms with Crippen molar-refractivity contribution in [3.05, 3.63) is 76.4 Å². The number of rotatable bonds is 7. The van der Waals surface area contributed by atoms with Gasteiger partial charge in [-0.2, -0.15) is 0 Å². The maximum atomic E-state index is 3.61. The predicted octanol–water partition coefficient (Wildman–Crippen LogP) is 6.64. The minimum Gasteiger partial charge on any atom is -0.385 e. The van der Waals surface area contributed by atoms with Crippen molar-refractivity contribution in [1.82, 2.24) is 0 Å². The molecule has 2 aromatic rings. The van der Waals surface area contributed by atoms with Gasteiger partial charge in [0.25, 0.3) is 0 Å². The molecule has 0 spiro atoms. The first kappa shape index (κ1) is 18.8. The molecule has 138 valence electrons. The molecular formula is C25H33N. The molecule has 1 heteroatoms. The van der Waals surface area contributed by atoms with Gasteiger partial charge in [-0.1, -0.05) is 54.5 Å². The van der Waals surface area contributed by atoms with Crippen LogP contribution < -0.4 is 5.32 Å². The van der Waals surface area contributed by atoms with Crippen LogP contribution >= 0.6 is 0 Å². The number of aryl methyl sites for hydroxylation is 3. The van der Waals surface area contributed by atoms with E-state index in [-0.39, 0.29) is 0 Å². The van der Waals surface area contributed by atoms with Crippen molar-refractivity contribution in [2.24, 2.45) is 5.92 Å². The quantitative estimate of drug-likeness (QED) is 0.554. The summed E-state index contributed by atoms with van der Waals surface area (Å²) >= 11 is 0. The lowest BCUT2D eigenvalue weighted by atomic mass is 9.84. The Morgan fingerprint density at radius 3 is 2.54 bits per heavy atom. The third-order valence-corrected chi connectivity index (χ3v) is 5.76. The van der Waals surface area contributed by atoms with E-state index in [2.05, 4.69) is 74.6 Å². The van der Waals surface area contributed by atoms with Crippen molar-refractivity contribution >= 4 is 5.69 Å². The Labute approximate surface area is 159 Å². The molecule has 0 radical (unpaired) electrons. The summed E-state index contributed by atoms with van der Waals surface area (Å²) in [6.07, 6.45) is 9.87. The van der Waals surface area contributed by atoms with E-state index in [0.717, 1.165) is 18.9 Å². The average Bonchev–Trinajstić information content (AvgIpc) is 2.66. The molecule has 0 aromatic heterocycles. The summed E-state index contributed by atoms with van der Waals surface area (Å²) in [5, 5.41) is 3.61. The van der Waals surface area contributed by atoms with Crippen LogP contribution in [0.3, 0.4) is 0 Å². The molecule has 0 heterocycles. The Morgan fingerprint density at radius 1 is 1.04 bits per heavy atom. The van der Waals surface area contributed by atoms with Crippen molar-refractivity contribution < 1.29 is 0 Å². The standard InChI is InChI=1S/C25H33N/c1-4-24-18-25(14-7-20(24)3)26-16-15-21-10-12-23(13-11-21)17-22-8-5-19(2)6-9-22/h5-10,14,18,23,26H,4,11-13,15-17H2,1-3H3. The van der Waals surface area contributed by atoms with E-state index in [0.29, 0.717) is 0 Å². The zero-order valence-electron chi connectivity index (χ0n) is 16.6. The van der Waals surface area contributed by atoms with Gasteiger partial charge < -0.3 is 5.32 Å². The number of nitrogens with one attached hydrogen (secondary N) is 1. The van der Waals surface area contributed by atoms with Crippen LogP contribution in [0, 0.1) is 19.8 Å². The van der Waals surface area contributed by atoms with Crippen LogP contribution in [-0.4, -0.2) is 6.54 Å². The van der Waals surface area contributed by atoms with Crippen LogP contribution in [-0.2, 0) is 12.8 Å². The van der Waals surface area contributed by atoms with E-state index >= 15 is 0 Å². The fourth-order valence-corrected chi connectivity index (χ4v) is 3.94. The molecule has 1 unspecified atom stereocenters. The van der Waals surface area contributed by atoms with Crippen molar-refractivity contribution in [1.29, 1.82) is 0 Å². The van der Waals surface area contributed by atoms with Crippen molar-refractivity contribution in [2.45, 2.75) is 59.3 Å². The van der Waals surface area contributed by atoms with Gasteiger partial charge in [0.05, 0.1) is 0 Å². The topological polar surface area (TPSA) is 12.0 Å². The van der Waals surface area contributed by atoms with Crippen LogP contribution in [0.2, 0.25) is 0 Å². The van der Waals surface area contributed by atoms with Crippen LogP contribution in [0.4, 0.5) is 5.69 Å². The summed E-state index contributed by atoms with van der Waals surface area (Å²) in [4.78, 5) is 0. The summed E-state index contributed by atoms with van der Waals surface area (Å²) in [5.41, 5.74) is 8.59. The van der Waals surface area contributed by atoms with E-state index < -0.39 is 0 Å². The maximum absolute atomic E-state index is 3.61. The fraction of sp³-hybridized carbons (Fsp3) is 0.440. The zero-order chi connectivity index (χ0) is 18.4. The number of hydrogen-bond donors (Lipinski definition) is 1. The minimum atomic E-state index is 0.818. The molecule has 1 aliphatic carbocycles. The maximum Gasteiger partial charge on any atom is 0.0343 e. The van der Waals surface area contributed by atoms with E-state index in [9.17, 15) is 0 Å². The molecule has 26 heavy (non-hydrogen) atoms. The Bertz CT molecular complexity index is 739. The first-order valence-corrected chi connectivity index (χ1v) is 10.2. The smallest absolute Gasteiger partial charge is 0.0343 e. The molecule has 0 saturated carbocycles. The van der Waals surface area contributed by atoms with Crippen molar-refractivity contribution in [3.8, 4) is 0 Å². The lowest BCUT2D eigenvalue weighted by molar-refractivity contribution is 0.462. The molecule has 0 bridgehead atoms. The highest BCUT2D eigenvalue weighted by Crippen LogP contribution is 2.28. The second kappa shape index (κ2) is 9.07. The van der Waals surface area contributed by atoms with Crippen LogP contribution in [0.25, 0.3) is 0 Å². The predicted molar refractivity (Wildman–Crippen MR) is 114 cm³/mol. The normalized spacial score (nSPS) is 17.0. The van der Waals surface area contributed by atoms with Gasteiger partial charge in [0.1, 0.15) is 0 Å². The van der Waals surface area contributed by atoms with Crippen LogP contribution in [0.1, 0.15) is 54.9 Å². The molecule has 1 N–H and O–H groups in total. The van der Waals surface area contributed by atoms with E-state index in [1.165, 1.54) is 60.0 Å². The number of hydrogen-bond acceptors (Lipinski definition) is 1. The summed E-state index contributed by atoms with van der Waals surface area (Å²) in [5.74, 6) is 0.818. The Balaban J connectivity index is 1.44. The molecule has 1 atom stereocenters. The Hall–Kier alpha value is -2.02. The van der Waals surface area contributed by atoms with Crippen molar-refractivity contribution in [2.75, 3.05) is 11.9 Å². The second-order valence-corrected chi connectivity index (χ2v) is 7.86. The highest BCUT2D eigenvalue weighted by molar-refractivity contribution is 5.48. The summed E-state index contributed by atoms with van der Waals surface area (Å²) in [6.45, 7) is 7.63. The zero-order valence-corrected chi connectivity index (χ0v) is 16.6. The van der Waals surface area contributed by atoms with E-state index in [1.54, 1.807) is 5.57 Å². The fourth-order valence-electron chi connectivity index (χ4n) is 3.94. The van der Waals surface area contributed by atoms with Crippen LogP contribution in [0.15, 0.2) is 54.1 Å². The van der Waals surface area contributed by atoms with E-state index in [4.69, 9.17) is 0 Å². The first-order valence-electron chi connectivity index (χ1n) is 10.2. The van der Waals surface area contributed by atoms with Gasteiger partial charge in [-0.15, -0.1) is 0 Å². The molecule has 1 aliphatic rings. The largest absolute Gasteiger partial charge is 0.385 e. The summed E-state index contributed by atoms with van der Waals surface area (Å²) < 4.78 is 0. The van der Waals surface area contributed by atoms with E-state index in [1.807, 2.05) is 0 Å². The molecule has 0 aliphatic heterocycles. The lowest BCUT2D eigenvalue weighted by Crippen LogP contribution is -2.11. The lowest BCUT2D eigenvalue weighted by Gasteiger charge is -2.22. The minimum absolute atomic E-state index is 0.818. The second-order valence-electron chi connectivity index (χ2n) is 7.86.